The number of carbonyl (C=O) groups is 1. The molecule has 24 heavy (non-hydrogen) atoms. The van der Waals surface area contributed by atoms with Gasteiger partial charge >= 0.3 is 0 Å². The minimum atomic E-state index is 0.155. The summed E-state index contributed by atoms with van der Waals surface area (Å²) < 4.78 is 12.2. The summed E-state index contributed by atoms with van der Waals surface area (Å²) in [6, 6.07) is 4.20. The Morgan fingerprint density at radius 1 is 1.29 bits per heavy atom. The Kier molecular flexibility index (Phi) is 7.37. The first-order valence-electron chi connectivity index (χ1n) is 8.62. The van der Waals surface area contributed by atoms with Crippen LogP contribution in [0.5, 0.6) is 11.5 Å². The van der Waals surface area contributed by atoms with Crippen LogP contribution in [0, 0.1) is 0 Å². The second-order valence-electron chi connectivity index (χ2n) is 5.90. The SMILES string of the molecule is CCOc1cc(Br)c(CC(=O)N2CCCC(NC)C2)cc1OCC. The summed E-state index contributed by atoms with van der Waals surface area (Å²) in [4.78, 5) is 14.6. The van der Waals surface area contributed by atoms with Gasteiger partial charge in [0.25, 0.3) is 0 Å². The highest BCUT2D eigenvalue weighted by Crippen LogP contribution is 2.34. The molecule has 1 unspecified atom stereocenters. The van der Waals surface area contributed by atoms with E-state index >= 15 is 0 Å². The molecule has 1 aliphatic heterocycles. The smallest absolute Gasteiger partial charge is 0.227 e. The van der Waals surface area contributed by atoms with E-state index in [0.29, 0.717) is 37.2 Å². The van der Waals surface area contributed by atoms with Crippen molar-refractivity contribution in [1.82, 2.24) is 10.2 Å². The quantitative estimate of drug-likeness (QED) is 0.766. The van der Waals surface area contributed by atoms with Crippen LogP contribution in [-0.2, 0) is 11.2 Å². The molecule has 0 aromatic heterocycles. The molecular formula is C18H27BrN2O3. The molecular weight excluding hydrogens is 372 g/mol. The summed E-state index contributed by atoms with van der Waals surface area (Å²) in [5, 5.41) is 3.27. The number of ether oxygens (including phenoxy) is 2. The van der Waals surface area contributed by atoms with E-state index in [2.05, 4.69) is 21.2 Å². The third-order valence-electron chi connectivity index (χ3n) is 4.24. The predicted molar refractivity (Wildman–Crippen MR) is 98.8 cm³/mol. The minimum absolute atomic E-state index is 0.155. The molecule has 1 aliphatic rings. The highest BCUT2D eigenvalue weighted by molar-refractivity contribution is 9.10. The minimum Gasteiger partial charge on any atom is -0.490 e. The van der Waals surface area contributed by atoms with Crippen LogP contribution in [0.25, 0.3) is 0 Å². The van der Waals surface area contributed by atoms with Gasteiger partial charge in [-0.2, -0.15) is 0 Å². The lowest BCUT2D eigenvalue weighted by Gasteiger charge is -2.32. The topological polar surface area (TPSA) is 50.8 Å². The number of hydrogen-bond acceptors (Lipinski definition) is 4. The fourth-order valence-electron chi connectivity index (χ4n) is 2.96. The monoisotopic (exact) mass is 398 g/mol. The van der Waals surface area contributed by atoms with Crippen LogP contribution in [0.4, 0.5) is 0 Å². The van der Waals surface area contributed by atoms with Crippen LogP contribution >= 0.6 is 15.9 Å². The van der Waals surface area contributed by atoms with Gasteiger partial charge in [0.1, 0.15) is 0 Å². The maximum atomic E-state index is 12.7. The van der Waals surface area contributed by atoms with E-state index in [1.165, 1.54) is 0 Å². The first kappa shape index (κ1) is 19.1. The third kappa shape index (κ3) is 4.86. The molecule has 1 amide bonds. The Hall–Kier alpha value is -1.27. The van der Waals surface area contributed by atoms with Crippen LogP contribution in [-0.4, -0.2) is 50.2 Å². The fraction of sp³-hybridized carbons (Fsp3) is 0.611. The lowest BCUT2D eigenvalue weighted by molar-refractivity contribution is -0.131. The van der Waals surface area contributed by atoms with Crippen molar-refractivity contribution in [1.29, 1.82) is 0 Å². The molecule has 134 valence electrons. The van der Waals surface area contributed by atoms with Gasteiger partial charge in [-0.1, -0.05) is 15.9 Å². The zero-order chi connectivity index (χ0) is 17.5. The normalized spacial score (nSPS) is 17.7. The summed E-state index contributed by atoms with van der Waals surface area (Å²) >= 11 is 3.56. The van der Waals surface area contributed by atoms with Crippen molar-refractivity contribution >= 4 is 21.8 Å². The maximum Gasteiger partial charge on any atom is 0.227 e. The number of likely N-dealkylation sites (N-methyl/N-ethyl adjacent to an activating group) is 1. The van der Waals surface area contributed by atoms with E-state index in [0.717, 1.165) is 36.0 Å². The zero-order valence-corrected chi connectivity index (χ0v) is 16.3. The van der Waals surface area contributed by atoms with Gasteiger partial charge in [0.05, 0.1) is 19.6 Å². The van der Waals surface area contributed by atoms with Crippen molar-refractivity contribution in [3.63, 3.8) is 0 Å². The summed E-state index contributed by atoms with van der Waals surface area (Å²) in [7, 11) is 1.95. The first-order chi connectivity index (χ1) is 11.6. The van der Waals surface area contributed by atoms with Crippen molar-refractivity contribution in [2.24, 2.45) is 0 Å². The average molecular weight is 399 g/mol. The van der Waals surface area contributed by atoms with Gasteiger partial charge < -0.3 is 19.7 Å². The largest absolute Gasteiger partial charge is 0.490 e. The molecule has 1 saturated heterocycles. The van der Waals surface area contributed by atoms with Gasteiger partial charge in [-0.15, -0.1) is 0 Å². The summed E-state index contributed by atoms with van der Waals surface area (Å²) in [5.41, 5.74) is 0.929. The van der Waals surface area contributed by atoms with Crippen LogP contribution in [0.1, 0.15) is 32.3 Å². The van der Waals surface area contributed by atoms with Gasteiger partial charge in [0.15, 0.2) is 11.5 Å². The number of nitrogens with one attached hydrogen (secondary N) is 1. The Bertz CT molecular complexity index is 565. The molecule has 2 rings (SSSR count). The number of halogens is 1. The summed E-state index contributed by atoms with van der Waals surface area (Å²) in [6.07, 6.45) is 2.54. The second-order valence-corrected chi connectivity index (χ2v) is 6.76. The third-order valence-corrected chi connectivity index (χ3v) is 4.97. The average Bonchev–Trinajstić information content (AvgIpc) is 2.59. The first-order valence-corrected chi connectivity index (χ1v) is 9.41. The van der Waals surface area contributed by atoms with Crippen molar-refractivity contribution in [2.45, 2.75) is 39.2 Å². The van der Waals surface area contributed by atoms with E-state index < -0.39 is 0 Å². The standard InChI is InChI=1S/C18H27BrN2O3/c1-4-23-16-9-13(15(19)11-17(16)24-5-2)10-18(22)21-8-6-7-14(12-21)20-3/h9,11,14,20H,4-8,10,12H2,1-3H3. The fourth-order valence-corrected chi connectivity index (χ4v) is 3.43. The van der Waals surface area contributed by atoms with Crippen molar-refractivity contribution < 1.29 is 14.3 Å². The molecule has 1 aromatic rings. The Morgan fingerprint density at radius 3 is 2.58 bits per heavy atom. The lowest BCUT2D eigenvalue weighted by Crippen LogP contribution is -2.47. The van der Waals surface area contributed by atoms with Crippen LogP contribution in [0.15, 0.2) is 16.6 Å². The van der Waals surface area contributed by atoms with Gasteiger partial charge in [-0.3, -0.25) is 4.79 Å². The van der Waals surface area contributed by atoms with Crippen molar-refractivity contribution in [3.8, 4) is 11.5 Å². The van der Waals surface area contributed by atoms with E-state index in [-0.39, 0.29) is 5.91 Å². The van der Waals surface area contributed by atoms with Gasteiger partial charge in [0, 0.05) is 23.6 Å². The van der Waals surface area contributed by atoms with E-state index in [9.17, 15) is 4.79 Å². The summed E-state index contributed by atoms with van der Waals surface area (Å²) in [6.45, 7) is 6.63. The number of benzene rings is 1. The Labute approximate surface area is 152 Å². The molecule has 0 bridgehead atoms. The molecule has 0 saturated carbocycles. The molecule has 1 heterocycles. The number of carbonyl (C=O) groups excluding carboxylic acids is 1. The van der Waals surface area contributed by atoms with Crippen LogP contribution in [0.3, 0.4) is 0 Å². The summed E-state index contributed by atoms with van der Waals surface area (Å²) in [5.74, 6) is 1.55. The number of hydrogen-bond donors (Lipinski definition) is 1. The Balaban J connectivity index is 2.13. The molecule has 1 N–H and O–H groups in total. The predicted octanol–water partition coefficient (Wildman–Crippen LogP) is 3.00. The maximum absolute atomic E-state index is 12.7. The van der Waals surface area contributed by atoms with Crippen LogP contribution in [0.2, 0.25) is 0 Å². The molecule has 0 aliphatic carbocycles. The number of rotatable bonds is 7. The van der Waals surface area contributed by atoms with Gasteiger partial charge in [-0.05, 0) is 51.4 Å². The Morgan fingerprint density at radius 2 is 1.96 bits per heavy atom. The molecule has 5 nitrogen and oxygen atoms in total. The molecule has 6 heteroatoms. The number of piperidine rings is 1. The zero-order valence-electron chi connectivity index (χ0n) is 14.7. The molecule has 1 atom stereocenters. The van der Waals surface area contributed by atoms with E-state index in [1.807, 2.05) is 37.9 Å². The lowest BCUT2D eigenvalue weighted by atomic mass is 10.0. The molecule has 0 radical (unpaired) electrons. The van der Waals surface area contributed by atoms with Gasteiger partial charge in [-0.25, -0.2) is 0 Å². The van der Waals surface area contributed by atoms with E-state index in [1.54, 1.807) is 0 Å². The van der Waals surface area contributed by atoms with Crippen molar-refractivity contribution in [2.75, 3.05) is 33.4 Å². The number of likely N-dealkylation sites (tertiary alicyclic amines) is 1. The van der Waals surface area contributed by atoms with Crippen molar-refractivity contribution in [3.05, 3.63) is 22.2 Å². The highest BCUT2D eigenvalue weighted by Gasteiger charge is 2.23. The number of amides is 1. The number of nitrogens with zero attached hydrogens (tertiary/aromatic N) is 1. The second kappa shape index (κ2) is 9.28. The highest BCUT2D eigenvalue weighted by atomic mass is 79.9. The molecule has 1 fully saturated rings. The van der Waals surface area contributed by atoms with Gasteiger partial charge in [0.2, 0.25) is 5.91 Å². The van der Waals surface area contributed by atoms with Crippen LogP contribution < -0.4 is 14.8 Å². The molecule has 1 aromatic carbocycles. The molecule has 0 spiro atoms. The van der Waals surface area contributed by atoms with E-state index in [4.69, 9.17) is 9.47 Å².